The van der Waals surface area contributed by atoms with Gasteiger partial charge in [-0.05, 0) is 62.6 Å². The van der Waals surface area contributed by atoms with E-state index < -0.39 is 0 Å². The molecule has 2 heterocycles. The molecule has 0 saturated heterocycles. The lowest BCUT2D eigenvalue weighted by Crippen LogP contribution is -2.08. The molecule has 160 valence electrons. The van der Waals surface area contributed by atoms with Gasteiger partial charge in [0.2, 0.25) is 0 Å². The number of aromatic nitrogens is 4. The average Bonchev–Trinajstić information content (AvgIpc) is 2.80. The van der Waals surface area contributed by atoms with Crippen molar-refractivity contribution in [1.29, 1.82) is 5.26 Å². The number of ether oxygens (including phenoxy) is 1. The van der Waals surface area contributed by atoms with Gasteiger partial charge >= 0.3 is 0 Å². The third-order valence-corrected chi connectivity index (χ3v) is 5.09. The van der Waals surface area contributed by atoms with Crippen LogP contribution in [-0.4, -0.2) is 26.5 Å². The molecule has 0 spiro atoms. The fourth-order valence-corrected chi connectivity index (χ4v) is 3.38. The molecule has 0 unspecified atom stereocenters. The molecule has 2 aromatic heterocycles. The molecule has 1 aliphatic rings. The van der Waals surface area contributed by atoms with E-state index in [1.807, 2.05) is 38.1 Å². The predicted molar refractivity (Wildman–Crippen MR) is 124 cm³/mol. The number of nitriles is 1. The molecule has 0 radical (unpaired) electrons. The minimum atomic E-state index is 0.584. The van der Waals surface area contributed by atoms with Gasteiger partial charge in [-0.15, -0.1) is 0 Å². The van der Waals surface area contributed by atoms with Crippen LogP contribution in [-0.2, 0) is 6.42 Å². The fourth-order valence-electron chi connectivity index (χ4n) is 3.38. The van der Waals surface area contributed by atoms with E-state index in [1.54, 1.807) is 12.3 Å². The highest BCUT2D eigenvalue weighted by molar-refractivity contribution is 5.81. The molecule has 0 aliphatic heterocycles. The third kappa shape index (κ3) is 5.35. The van der Waals surface area contributed by atoms with E-state index in [-0.39, 0.29) is 0 Å². The molecule has 0 atom stereocenters. The SMILES string of the molecule is CC1=CC(C#N)=CC=C(Oc2ccc(CCNc3ncnc4ncc(C)nc34)cc2)CC1. The lowest BCUT2D eigenvalue weighted by molar-refractivity contribution is 0.403. The average molecular weight is 425 g/mol. The molecule has 1 aromatic carbocycles. The molecule has 32 heavy (non-hydrogen) atoms. The highest BCUT2D eigenvalue weighted by Gasteiger charge is 2.08. The zero-order valence-corrected chi connectivity index (χ0v) is 18.2. The van der Waals surface area contributed by atoms with Crippen LogP contribution in [0.4, 0.5) is 5.82 Å². The fraction of sp³-hybridized carbons (Fsp3) is 0.240. The first-order chi connectivity index (χ1) is 15.6. The van der Waals surface area contributed by atoms with Crippen molar-refractivity contribution in [1.82, 2.24) is 19.9 Å². The summed E-state index contributed by atoms with van der Waals surface area (Å²) in [5, 5.41) is 12.5. The van der Waals surface area contributed by atoms with E-state index in [0.29, 0.717) is 29.1 Å². The van der Waals surface area contributed by atoms with Crippen molar-refractivity contribution in [3.05, 3.63) is 83.2 Å². The Hall–Kier alpha value is -4.05. The summed E-state index contributed by atoms with van der Waals surface area (Å²) in [6.45, 7) is 4.64. The zero-order valence-electron chi connectivity index (χ0n) is 18.2. The van der Waals surface area contributed by atoms with Crippen molar-refractivity contribution < 1.29 is 4.74 Å². The largest absolute Gasteiger partial charge is 0.462 e. The number of hydrogen-bond acceptors (Lipinski definition) is 7. The number of nitrogens with zero attached hydrogens (tertiary/aromatic N) is 5. The molecule has 0 fully saturated rings. The Morgan fingerprint density at radius 1 is 1.06 bits per heavy atom. The minimum absolute atomic E-state index is 0.584. The monoisotopic (exact) mass is 424 g/mol. The number of nitrogens with one attached hydrogen (secondary N) is 1. The second-order valence-corrected chi connectivity index (χ2v) is 7.69. The molecule has 0 bridgehead atoms. The van der Waals surface area contributed by atoms with Gasteiger partial charge in [0.1, 0.15) is 17.8 Å². The summed E-state index contributed by atoms with van der Waals surface area (Å²) < 4.78 is 6.05. The van der Waals surface area contributed by atoms with Crippen LogP contribution in [0.15, 0.2) is 71.9 Å². The van der Waals surface area contributed by atoms with Gasteiger partial charge in [-0.3, -0.25) is 0 Å². The van der Waals surface area contributed by atoms with Crippen LogP contribution < -0.4 is 10.1 Å². The first-order valence-electron chi connectivity index (χ1n) is 10.5. The van der Waals surface area contributed by atoms with E-state index in [2.05, 4.69) is 43.5 Å². The van der Waals surface area contributed by atoms with Crippen molar-refractivity contribution in [3.8, 4) is 11.8 Å². The van der Waals surface area contributed by atoms with Crippen LogP contribution in [0.3, 0.4) is 0 Å². The number of hydrogen-bond donors (Lipinski definition) is 1. The van der Waals surface area contributed by atoms with Crippen molar-refractivity contribution >= 4 is 17.0 Å². The maximum absolute atomic E-state index is 9.19. The van der Waals surface area contributed by atoms with Gasteiger partial charge in [0.15, 0.2) is 17.0 Å². The Labute approximate surface area is 187 Å². The summed E-state index contributed by atoms with van der Waals surface area (Å²) in [7, 11) is 0. The normalized spacial score (nSPS) is 13.8. The minimum Gasteiger partial charge on any atom is -0.462 e. The van der Waals surface area contributed by atoms with Crippen molar-refractivity contribution in [3.63, 3.8) is 0 Å². The van der Waals surface area contributed by atoms with E-state index in [9.17, 15) is 5.26 Å². The predicted octanol–water partition coefficient (Wildman–Crippen LogP) is 4.84. The maximum atomic E-state index is 9.19. The quantitative estimate of drug-likeness (QED) is 0.605. The van der Waals surface area contributed by atoms with E-state index >= 15 is 0 Å². The van der Waals surface area contributed by atoms with Gasteiger partial charge in [-0.2, -0.15) is 5.26 Å². The maximum Gasteiger partial charge on any atom is 0.183 e. The third-order valence-electron chi connectivity index (χ3n) is 5.09. The number of anilines is 1. The van der Waals surface area contributed by atoms with Gasteiger partial charge in [0, 0.05) is 13.0 Å². The molecule has 4 rings (SSSR count). The number of benzene rings is 1. The van der Waals surface area contributed by atoms with Crippen molar-refractivity contribution in [2.75, 3.05) is 11.9 Å². The van der Waals surface area contributed by atoms with E-state index in [4.69, 9.17) is 4.74 Å². The molecule has 0 amide bonds. The number of fused-ring (bicyclic) bond motifs is 1. The topological polar surface area (TPSA) is 96.6 Å². The van der Waals surface area contributed by atoms with Crippen LogP contribution in [0, 0.1) is 18.3 Å². The molecule has 7 heteroatoms. The first-order valence-corrected chi connectivity index (χ1v) is 10.5. The number of allylic oxidation sites excluding steroid dienone is 6. The first kappa shape index (κ1) is 21.2. The smallest absolute Gasteiger partial charge is 0.183 e. The molecule has 7 nitrogen and oxygen atoms in total. The van der Waals surface area contributed by atoms with Gasteiger partial charge in [0.05, 0.1) is 23.5 Å². The summed E-state index contributed by atoms with van der Waals surface area (Å²) in [5.41, 5.74) is 5.09. The highest BCUT2D eigenvalue weighted by atomic mass is 16.5. The summed E-state index contributed by atoms with van der Waals surface area (Å²) >= 11 is 0. The summed E-state index contributed by atoms with van der Waals surface area (Å²) in [5.74, 6) is 2.33. The molecule has 3 aromatic rings. The summed E-state index contributed by atoms with van der Waals surface area (Å²) in [6.07, 6.45) is 11.3. The Bertz CT molecular complexity index is 1250. The molecule has 1 aliphatic carbocycles. The molecule has 0 saturated carbocycles. The van der Waals surface area contributed by atoms with Crippen LogP contribution >= 0.6 is 0 Å². The molecular formula is C25H24N6O. The Balaban J connectivity index is 1.36. The van der Waals surface area contributed by atoms with E-state index in [1.165, 1.54) is 17.5 Å². The Morgan fingerprint density at radius 3 is 2.72 bits per heavy atom. The highest BCUT2D eigenvalue weighted by Crippen LogP contribution is 2.22. The zero-order chi connectivity index (χ0) is 22.3. The lowest BCUT2D eigenvalue weighted by Gasteiger charge is -2.12. The Morgan fingerprint density at radius 2 is 1.91 bits per heavy atom. The number of rotatable bonds is 6. The van der Waals surface area contributed by atoms with E-state index in [0.717, 1.165) is 36.5 Å². The van der Waals surface area contributed by atoms with Gasteiger partial charge in [-0.25, -0.2) is 19.9 Å². The Kier molecular flexibility index (Phi) is 6.52. The van der Waals surface area contributed by atoms with Crippen molar-refractivity contribution in [2.24, 2.45) is 0 Å². The van der Waals surface area contributed by atoms with Crippen LogP contribution in [0.5, 0.6) is 5.75 Å². The standard InChI is InChI=1S/C25H24N6O/c1-17-3-7-21(10-6-20(13-17)14-26)32-22-8-4-19(5-9-22)11-12-27-24-23-25(30-16-29-24)28-15-18(2)31-23/h4-6,8-10,13,15-16H,3,7,11-12H2,1-2H3,(H,27,28,29,30). The second kappa shape index (κ2) is 9.84. The second-order valence-electron chi connectivity index (χ2n) is 7.69. The van der Waals surface area contributed by atoms with Crippen LogP contribution in [0.1, 0.15) is 31.0 Å². The van der Waals surface area contributed by atoms with Gasteiger partial charge < -0.3 is 10.1 Å². The molecule has 1 N–H and O–H groups in total. The van der Waals surface area contributed by atoms with Crippen LogP contribution in [0.25, 0.3) is 11.2 Å². The lowest BCUT2D eigenvalue weighted by atomic mass is 10.0. The molecular weight excluding hydrogens is 400 g/mol. The number of aryl methyl sites for hydroxylation is 1. The summed E-state index contributed by atoms with van der Waals surface area (Å²) in [4.78, 5) is 17.3. The van der Waals surface area contributed by atoms with Gasteiger partial charge in [-0.1, -0.05) is 17.7 Å². The van der Waals surface area contributed by atoms with Crippen LogP contribution in [0.2, 0.25) is 0 Å². The van der Waals surface area contributed by atoms with Gasteiger partial charge in [0.25, 0.3) is 0 Å². The summed E-state index contributed by atoms with van der Waals surface area (Å²) in [6, 6.07) is 10.3. The van der Waals surface area contributed by atoms with Crippen molar-refractivity contribution in [2.45, 2.75) is 33.1 Å².